The Morgan fingerprint density at radius 2 is 2.06 bits per heavy atom. The third kappa shape index (κ3) is 2.36. The molecule has 1 heterocycles. The standard InChI is InChI=1S/C12H9BrClNO/c1-16-10-4-8(6-15-7-10)11-3-2-9(13)5-12(11)14/h2-7H,1H3. The highest BCUT2D eigenvalue weighted by Gasteiger charge is 2.05. The van der Waals surface area contributed by atoms with Gasteiger partial charge in [0.05, 0.1) is 13.3 Å². The van der Waals surface area contributed by atoms with Crippen molar-refractivity contribution in [1.29, 1.82) is 0 Å². The lowest BCUT2D eigenvalue weighted by Crippen LogP contribution is -1.86. The monoisotopic (exact) mass is 297 g/mol. The fraction of sp³-hybridized carbons (Fsp3) is 0.0833. The molecular weight excluding hydrogens is 289 g/mol. The summed E-state index contributed by atoms with van der Waals surface area (Å²) in [7, 11) is 1.62. The molecule has 2 aromatic rings. The highest BCUT2D eigenvalue weighted by molar-refractivity contribution is 9.10. The summed E-state index contributed by atoms with van der Waals surface area (Å²) in [6, 6.07) is 7.65. The van der Waals surface area contributed by atoms with E-state index in [1.807, 2.05) is 24.3 Å². The van der Waals surface area contributed by atoms with E-state index in [4.69, 9.17) is 16.3 Å². The molecule has 0 aliphatic rings. The maximum atomic E-state index is 6.16. The van der Waals surface area contributed by atoms with Crippen LogP contribution in [0.3, 0.4) is 0 Å². The van der Waals surface area contributed by atoms with Crippen LogP contribution in [0.2, 0.25) is 5.02 Å². The summed E-state index contributed by atoms with van der Waals surface area (Å²) in [6.45, 7) is 0. The molecule has 0 N–H and O–H groups in total. The van der Waals surface area contributed by atoms with Crippen LogP contribution in [0.1, 0.15) is 0 Å². The van der Waals surface area contributed by atoms with E-state index in [0.717, 1.165) is 21.3 Å². The molecule has 0 aliphatic heterocycles. The Morgan fingerprint density at radius 1 is 1.25 bits per heavy atom. The second-order valence-electron chi connectivity index (χ2n) is 3.24. The summed E-state index contributed by atoms with van der Waals surface area (Å²) >= 11 is 9.53. The highest BCUT2D eigenvalue weighted by atomic mass is 79.9. The molecule has 0 radical (unpaired) electrons. The minimum absolute atomic E-state index is 0.685. The summed E-state index contributed by atoms with van der Waals surface area (Å²) in [5, 5.41) is 0.685. The van der Waals surface area contributed by atoms with Crippen molar-refractivity contribution in [1.82, 2.24) is 4.98 Å². The molecular formula is C12H9BrClNO. The summed E-state index contributed by atoms with van der Waals surface area (Å²) in [4.78, 5) is 4.10. The molecule has 4 heteroatoms. The SMILES string of the molecule is COc1cncc(-c2ccc(Br)cc2Cl)c1. The second-order valence-corrected chi connectivity index (χ2v) is 4.56. The quantitative estimate of drug-likeness (QED) is 0.830. The molecule has 0 bridgehead atoms. The molecule has 0 unspecified atom stereocenters. The number of benzene rings is 1. The number of aromatic nitrogens is 1. The Hall–Kier alpha value is -1.06. The van der Waals surface area contributed by atoms with Crippen molar-refractivity contribution in [2.45, 2.75) is 0 Å². The molecule has 0 saturated carbocycles. The zero-order valence-electron chi connectivity index (χ0n) is 8.58. The third-order valence-electron chi connectivity index (χ3n) is 2.19. The van der Waals surface area contributed by atoms with Crippen LogP contribution in [0.15, 0.2) is 41.1 Å². The summed E-state index contributed by atoms with van der Waals surface area (Å²) in [6.07, 6.45) is 3.42. The lowest BCUT2D eigenvalue weighted by Gasteiger charge is -2.06. The van der Waals surface area contributed by atoms with Gasteiger partial charge in [-0.1, -0.05) is 33.6 Å². The number of ether oxygens (including phenoxy) is 1. The molecule has 0 atom stereocenters. The first kappa shape index (κ1) is 11.4. The number of halogens is 2. The smallest absolute Gasteiger partial charge is 0.137 e. The molecule has 0 amide bonds. The molecule has 0 saturated heterocycles. The molecule has 1 aromatic heterocycles. The molecule has 1 aromatic carbocycles. The van der Waals surface area contributed by atoms with Gasteiger partial charge >= 0.3 is 0 Å². The van der Waals surface area contributed by atoms with Gasteiger partial charge in [-0.2, -0.15) is 0 Å². The largest absolute Gasteiger partial charge is 0.495 e. The van der Waals surface area contributed by atoms with Crippen LogP contribution in [0.5, 0.6) is 5.75 Å². The van der Waals surface area contributed by atoms with Crippen LogP contribution >= 0.6 is 27.5 Å². The Bertz CT molecular complexity index is 516. The number of nitrogens with zero attached hydrogens (tertiary/aromatic N) is 1. The fourth-order valence-electron chi connectivity index (χ4n) is 1.40. The van der Waals surface area contributed by atoms with Gasteiger partial charge < -0.3 is 4.74 Å². The van der Waals surface area contributed by atoms with Gasteiger partial charge in [0.15, 0.2) is 0 Å². The zero-order chi connectivity index (χ0) is 11.5. The van der Waals surface area contributed by atoms with E-state index >= 15 is 0 Å². The van der Waals surface area contributed by atoms with Gasteiger partial charge in [0.2, 0.25) is 0 Å². The van der Waals surface area contributed by atoms with Crippen LogP contribution in [0.4, 0.5) is 0 Å². The number of hydrogen-bond acceptors (Lipinski definition) is 2. The first-order valence-corrected chi connectivity index (χ1v) is 5.82. The molecule has 2 nitrogen and oxygen atoms in total. The summed E-state index contributed by atoms with van der Waals surface area (Å²) in [5.74, 6) is 0.719. The average molecular weight is 299 g/mol. The number of pyridine rings is 1. The minimum Gasteiger partial charge on any atom is -0.495 e. The predicted molar refractivity (Wildman–Crippen MR) is 68.9 cm³/mol. The van der Waals surface area contributed by atoms with Crippen LogP contribution in [-0.4, -0.2) is 12.1 Å². The topological polar surface area (TPSA) is 22.1 Å². The van der Waals surface area contributed by atoms with Crippen molar-refractivity contribution in [3.05, 3.63) is 46.2 Å². The Balaban J connectivity index is 2.49. The maximum Gasteiger partial charge on any atom is 0.137 e. The van der Waals surface area contributed by atoms with E-state index < -0.39 is 0 Å². The second kappa shape index (κ2) is 4.85. The van der Waals surface area contributed by atoms with Gasteiger partial charge in [-0.15, -0.1) is 0 Å². The zero-order valence-corrected chi connectivity index (χ0v) is 10.9. The van der Waals surface area contributed by atoms with Crippen LogP contribution in [0.25, 0.3) is 11.1 Å². The van der Waals surface area contributed by atoms with Gasteiger partial charge in [-0.25, -0.2) is 0 Å². The Morgan fingerprint density at radius 3 is 2.75 bits per heavy atom. The van der Waals surface area contributed by atoms with Crippen molar-refractivity contribution in [3.8, 4) is 16.9 Å². The van der Waals surface area contributed by atoms with Crippen molar-refractivity contribution >= 4 is 27.5 Å². The first-order chi connectivity index (χ1) is 7.70. The van der Waals surface area contributed by atoms with E-state index in [9.17, 15) is 0 Å². The van der Waals surface area contributed by atoms with Crippen LogP contribution in [0, 0.1) is 0 Å². The minimum atomic E-state index is 0.685. The first-order valence-electron chi connectivity index (χ1n) is 4.65. The van der Waals surface area contributed by atoms with Crippen molar-refractivity contribution in [2.75, 3.05) is 7.11 Å². The molecule has 2 rings (SSSR count). The maximum absolute atomic E-state index is 6.16. The highest BCUT2D eigenvalue weighted by Crippen LogP contribution is 2.31. The lowest BCUT2D eigenvalue weighted by atomic mass is 10.1. The van der Waals surface area contributed by atoms with Gasteiger partial charge in [0.1, 0.15) is 5.75 Å². The van der Waals surface area contributed by atoms with Crippen molar-refractivity contribution in [2.24, 2.45) is 0 Å². The Labute approximate surface area is 107 Å². The van der Waals surface area contributed by atoms with E-state index in [2.05, 4.69) is 20.9 Å². The van der Waals surface area contributed by atoms with Crippen LogP contribution < -0.4 is 4.74 Å². The van der Waals surface area contributed by atoms with Gasteiger partial charge in [0, 0.05) is 26.8 Å². The molecule has 0 spiro atoms. The molecule has 82 valence electrons. The van der Waals surface area contributed by atoms with Gasteiger partial charge in [-0.3, -0.25) is 4.98 Å². The number of rotatable bonds is 2. The lowest BCUT2D eigenvalue weighted by molar-refractivity contribution is 0.413. The van der Waals surface area contributed by atoms with Crippen molar-refractivity contribution < 1.29 is 4.74 Å². The van der Waals surface area contributed by atoms with E-state index in [1.54, 1.807) is 19.5 Å². The summed E-state index contributed by atoms with van der Waals surface area (Å²) < 4.78 is 6.08. The molecule has 0 aliphatic carbocycles. The number of methoxy groups -OCH3 is 1. The predicted octanol–water partition coefficient (Wildman–Crippen LogP) is 4.17. The molecule has 0 fully saturated rings. The summed E-state index contributed by atoms with van der Waals surface area (Å²) in [5.41, 5.74) is 1.88. The van der Waals surface area contributed by atoms with Crippen LogP contribution in [-0.2, 0) is 0 Å². The van der Waals surface area contributed by atoms with E-state index in [1.165, 1.54) is 0 Å². The molecule has 16 heavy (non-hydrogen) atoms. The van der Waals surface area contributed by atoms with Gasteiger partial charge in [0.25, 0.3) is 0 Å². The normalized spacial score (nSPS) is 10.2. The Kier molecular flexibility index (Phi) is 3.46. The third-order valence-corrected chi connectivity index (χ3v) is 3.00. The fourth-order valence-corrected chi connectivity index (χ4v) is 2.18. The van der Waals surface area contributed by atoms with Gasteiger partial charge in [-0.05, 0) is 18.2 Å². The van der Waals surface area contributed by atoms with E-state index in [-0.39, 0.29) is 0 Å². The van der Waals surface area contributed by atoms with E-state index in [0.29, 0.717) is 5.02 Å². The number of hydrogen-bond donors (Lipinski definition) is 0. The van der Waals surface area contributed by atoms with Crippen molar-refractivity contribution in [3.63, 3.8) is 0 Å². The average Bonchev–Trinajstić information content (AvgIpc) is 2.29.